The van der Waals surface area contributed by atoms with E-state index in [9.17, 15) is 9.32 Å². The Morgan fingerprint density at radius 3 is 3.00 bits per heavy atom. The summed E-state index contributed by atoms with van der Waals surface area (Å²) in [5, 5.41) is 0. The predicted molar refractivity (Wildman–Crippen MR) is 50.3 cm³/mol. The molecule has 1 aromatic rings. The average Bonchev–Trinajstić information content (AvgIpc) is 2.63. The van der Waals surface area contributed by atoms with Gasteiger partial charge in [-0.3, -0.25) is 4.94 Å². The molecule has 0 spiro atoms. The summed E-state index contributed by atoms with van der Waals surface area (Å²) in [6, 6.07) is 2.00. The molecule has 0 saturated heterocycles. The Kier molecular flexibility index (Phi) is 4.16. The summed E-state index contributed by atoms with van der Waals surface area (Å²) in [7, 11) is 0. The summed E-state index contributed by atoms with van der Waals surface area (Å²) < 4.78 is 11.4. The van der Waals surface area contributed by atoms with Crippen molar-refractivity contribution in [3.63, 3.8) is 0 Å². The first kappa shape index (κ1) is 10.8. The van der Waals surface area contributed by atoms with Gasteiger partial charge in [0.2, 0.25) is 0 Å². The highest BCUT2D eigenvalue weighted by molar-refractivity contribution is 5.68. The van der Waals surface area contributed by atoms with Crippen LogP contribution in [0.15, 0.2) is 12.3 Å². The van der Waals surface area contributed by atoms with E-state index >= 15 is 0 Å². The molecule has 0 saturated carbocycles. The first-order valence-electron chi connectivity index (χ1n) is 4.74. The molecule has 0 bridgehead atoms. The van der Waals surface area contributed by atoms with Gasteiger partial charge in [0.25, 0.3) is 0 Å². The summed E-state index contributed by atoms with van der Waals surface area (Å²) >= 11 is 0. The van der Waals surface area contributed by atoms with Gasteiger partial charge in [-0.25, -0.2) is 4.79 Å². The molecule has 0 aliphatic heterocycles. The molecule has 14 heavy (non-hydrogen) atoms. The Morgan fingerprint density at radius 1 is 1.57 bits per heavy atom. The van der Waals surface area contributed by atoms with Crippen molar-refractivity contribution in [1.29, 1.82) is 0 Å². The molecule has 78 valence electrons. The summed E-state index contributed by atoms with van der Waals surface area (Å²) in [5.74, 6) is -0.823. The van der Waals surface area contributed by atoms with Crippen LogP contribution in [0, 0.1) is 0 Å². The van der Waals surface area contributed by atoms with E-state index < -0.39 is 5.97 Å². The molecule has 1 heterocycles. The van der Waals surface area contributed by atoms with E-state index in [2.05, 4.69) is 16.8 Å². The number of aryl methyl sites for hydroxylation is 2. The molecule has 3 nitrogen and oxygen atoms in total. The standard InChI is InChI=1S/C10H14FNO2/c1-2-3-8-6-9(12-7-8)4-5-10(13)14-11/h6-7,12H,2-5H2,1H3. The Bertz CT molecular complexity index is 296. The number of hydrogen-bond acceptors (Lipinski definition) is 2. The molecule has 0 aliphatic rings. The minimum absolute atomic E-state index is 0.0720. The molecule has 0 aromatic carbocycles. The molecular weight excluding hydrogens is 185 g/mol. The highest BCUT2D eigenvalue weighted by Gasteiger charge is 2.05. The summed E-state index contributed by atoms with van der Waals surface area (Å²) in [5.41, 5.74) is 2.16. The fourth-order valence-electron chi connectivity index (χ4n) is 1.35. The molecule has 1 aromatic heterocycles. The van der Waals surface area contributed by atoms with Crippen LogP contribution in [0.4, 0.5) is 4.53 Å². The third-order valence-corrected chi connectivity index (χ3v) is 2.03. The van der Waals surface area contributed by atoms with Crippen LogP contribution in [0.25, 0.3) is 0 Å². The molecule has 1 rings (SSSR count). The lowest BCUT2D eigenvalue weighted by Crippen LogP contribution is -1.99. The van der Waals surface area contributed by atoms with E-state index in [4.69, 9.17) is 0 Å². The van der Waals surface area contributed by atoms with E-state index in [1.165, 1.54) is 5.56 Å². The zero-order valence-corrected chi connectivity index (χ0v) is 8.18. The van der Waals surface area contributed by atoms with Crippen molar-refractivity contribution in [1.82, 2.24) is 4.98 Å². The molecular formula is C10H14FNO2. The van der Waals surface area contributed by atoms with Gasteiger partial charge in [-0.15, -0.1) is 0 Å². The van der Waals surface area contributed by atoms with E-state index in [-0.39, 0.29) is 6.42 Å². The number of nitrogens with one attached hydrogen (secondary N) is 1. The van der Waals surface area contributed by atoms with E-state index in [0.29, 0.717) is 6.42 Å². The largest absolute Gasteiger partial charge is 0.365 e. The second-order valence-electron chi connectivity index (χ2n) is 3.23. The van der Waals surface area contributed by atoms with Crippen molar-refractivity contribution in [3.05, 3.63) is 23.5 Å². The van der Waals surface area contributed by atoms with Crippen LogP contribution in [0.3, 0.4) is 0 Å². The number of aromatic nitrogens is 1. The number of aromatic amines is 1. The lowest BCUT2D eigenvalue weighted by Gasteiger charge is -1.93. The van der Waals surface area contributed by atoms with Crippen LogP contribution >= 0.6 is 0 Å². The molecule has 0 unspecified atom stereocenters. The normalized spacial score (nSPS) is 10.1. The van der Waals surface area contributed by atoms with E-state index in [1.807, 2.05) is 12.3 Å². The Morgan fingerprint density at radius 2 is 2.36 bits per heavy atom. The van der Waals surface area contributed by atoms with Gasteiger partial charge < -0.3 is 4.98 Å². The van der Waals surface area contributed by atoms with Gasteiger partial charge in [0.05, 0.1) is 6.42 Å². The van der Waals surface area contributed by atoms with Gasteiger partial charge in [-0.05, 0) is 24.5 Å². The molecule has 0 fully saturated rings. The average molecular weight is 199 g/mol. The number of carbonyl (C=O) groups excluding carboxylic acids is 1. The van der Waals surface area contributed by atoms with Crippen LogP contribution in [-0.2, 0) is 22.6 Å². The summed E-state index contributed by atoms with van der Waals surface area (Å²) in [6.07, 6.45) is 4.59. The van der Waals surface area contributed by atoms with Gasteiger partial charge in [0.15, 0.2) is 0 Å². The first-order chi connectivity index (χ1) is 6.76. The molecule has 0 amide bonds. The maximum Gasteiger partial charge on any atom is 0.349 e. The lowest BCUT2D eigenvalue weighted by atomic mass is 10.1. The number of rotatable bonds is 5. The molecule has 1 N–H and O–H groups in total. The van der Waals surface area contributed by atoms with Gasteiger partial charge in [0.1, 0.15) is 0 Å². The second-order valence-corrected chi connectivity index (χ2v) is 3.23. The van der Waals surface area contributed by atoms with Crippen LogP contribution in [0.1, 0.15) is 31.0 Å². The van der Waals surface area contributed by atoms with Crippen LogP contribution in [0.2, 0.25) is 0 Å². The smallest absolute Gasteiger partial charge is 0.349 e. The van der Waals surface area contributed by atoms with Crippen molar-refractivity contribution in [2.75, 3.05) is 0 Å². The highest BCUT2D eigenvalue weighted by Crippen LogP contribution is 2.08. The molecule has 0 atom stereocenters. The number of carbonyl (C=O) groups is 1. The molecule has 4 heteroatoms. The monoisotopic (exact) mass is 199 g/mol. The fraction of sp³-hybridized carbons (Fsp3) is 0.500. The zero-order valence-electron chi connectivity index (χ0n) is 8.18. The quantitative estimate of drug-likeness (QED) is 0.790. The van der Waals surface area contributed by atoms with Crippen LogP contribution in [0.5, 0.6) is 0 Å². The maximum atomic E-state index is 11.4. The Balaban J connectivity index is 2.39. The molecule has 0 aliphatic carbocycles. The van der Waals surface area contributed by atoms with Crippen LogP contribution in [-0.4, -0.2) is 11.0 Å². The maximum absolute atomic E-state index is 11.4. The van der Waals surface area contributed by atoms with E-state index in [0.717, 1.165) is 18.5 Å². The van der Waals surface area contributed by atoms with Crippen LogP contribution < -0.4 is 0 Å². The number of H-pyrrole nitrogens is 1. The minimum atomic E-state index is -0.823. The van der Waals surface area contributed by atoms with Gasteiger partial charge in [0, 0.05) is 16.4 Å². The van der Waals surface area contributed by atoms with Crippen molar-refractivity contribution in [3.8, 4) is 0 Å². The van der Waals surface area contributed by atoms with Gasteiger partial charge >= 0.3 is 5.97 Å². The van der Waals surface area contributed by atoms with Crippen molar-refractivity contribution >= 4 is 5.97 Å². The topological polar surface area (TPSA) is 42.1 Å². The minimum Gasteiger partial charge on any atom is -0.365 e. The highest BCUT2D eigenvalue weighted by atomic mass is 19.3. The Labute approximate surface area is 82.2 Å². The third-order valence-electron chi connectivity index (χ3n) is 2.03. The van der Waals surface area contributed by atoms with Gasteiger partial charge in [-0.1, -0.05) is 13.3 Å². The Hall–Kier alpha value is -1.32. The molecule has 0 radical (unpaired) electrons. The third kappa shape index (κ3) is 3.20. The zero-order chi connectivity index (χ0) is 10.4. The first-order valence-corrected chi connectivity index (χ1v) is 4.74. The van der Waals surface area contributed by atoms with Crippen molar-refractivity contribution in [2.45, 2.75) is 32.6 Å². The van der Waals surface area contributed by atoms with E-state index in [1.54, 1.807) is 0 Å². The SMILES string of the molecule is CCCc1c[nH]c(CCC(=O)OF)c1. The summed E-state index contributed by atoms with van der Waals surface area (Å²) in [6.45, 7) is 2.10. The summed E-state index contributed by atoms with van der Waals surface area (Å²) in [4.78, 5) is 16.6. The number of hydrogen-bond donors (Lipinski definition) is 1. The van der Waals surface area contributed by atoms with Gasteiger partial charge in [-0.2, -0.15) is 0 Å². The van der Waals surface area contributed by atoms with Crippen molar-refractivity contribution < 1.29 is 14.3 Å². The van der Waals surface area contributed by atoms with Crippen molar-refractivity contribution in [2.24, 2.45) is 0 Å². The lowest BCUT2D eigenvalue weighted by molar-refractivity contribution is -0.183. The predicted octanol–water partition coefficient (Wildman–Crippen LogP) is 2.33. The fourth-order valence-corrected chi connectivity index (χ4v) is 1.35. The number of halogens is 1. The second kappa shape index (κ2) is 5.42.